The molecule has 0 saturated heterocycles. The van der Waals surface area contributed by atoms with Crippen molar-refractivity contribution in [3.05, 3.63) is 58.9 Å². The summed E-state index contributed by atoms with van der Waals surface area (Å²) in [5.41, 5.74) is 5.82. The molecule has 7 heteroatoms. The highest BCUT2D eigenvalue weighted by molar-refractivity contribution is 6.31. The second-order valence-corrected chi connectivity index (χ2v) is 4.58. The Morgan fingerprint density at radius 2 is 1.81 bits per heavy atom. The van der Waals surface area contributed by atoms with E-state index in [-0.39, 0.29) is 22.0 Å². The lowest BCUT2D eigenvalue weighted by atomic mass is 10.1. The van der Waals surface area contributed by atoms with Gasteiger partial charge in [0.1, 0.15) is 5.82 Å². The number of urea groups is 1. The fourth-order valence-corrected chi connectivity index (χ4v) is 1.94. The van der Waals surface area contributed by atoms with Gasteiger partial charge in [-0.15, -0.1) is 0 Å². The standard InChI is InChI=1S/C14H11ClFN3O2/c15-8-5-9(16)7-10(6-8)18-14(21)19-12-4-2-1-3-11(12)13(17)20/h1-7H,(H2,17,20)(H2,18,19,21). The molecule has 2 aromatic carbocycles. The number of nitrogens with one attached hydrogen (secondary N) is 2. The van der Waals surface area contributed by atoms with Gasteiger partial charge in [0.25, 0.3) is 5.91 Å². The first-order chi connectivity index (χ1) is 9.95. The van der Waals surface area contributed by atoms with Gasteiger partial charge in [0.15, 0.2) is 0 Å². The van der Waals surface area contributed by atoms with Crippen molar-refractivity contribution < 1.29 is 14.0 Å². The zero-order valence-electron chi connectivity index (χ0n) is 10.7. The van der Waals surface area contributed by atoms with Crippen molar-refractivity contribution in [3.63, 3.8) is 0 Å². The number of hydrogen-bond donors (Lipinski definition) is 3. The predicted octanol–water partition coefficient (Wildman–Crippen LogP) is 3.22. The van der Waals surface area contributed by atoms with E-state index in [1.807, 2.05) is 0 Å². The Morgan fingerprint density at radius 1 is 1.10 bits per heavy atom. The van der Waals surface area contributed by atoms with Crippen LogP contribution in [0, 0.1) is 5.82 Å². The van der Waals surface area contributed by atoms with Crippen molar-refractivity contribution >= 4 is 34.9 Å². The van der Waals surface area contributed by atoms with Gasteiger partial charge in [0, 0.05) is 10.7 Å². The van der Waals surface area contributed by atoms with Gasteiger partial charge in [-0.1, -0.05) is 23.7 Å². The first-order valence-corrected chi connectivity index (χ1v) is 6.26. The van der Waals surface area contributed by atoms with Crippen LogP contribution in [-0.2, 0) is 0 Å². The summed E-state index contributed by atoms with van der Waals surface area (Å²) in [6.45, 7) is 0. The molecule has 0 fully saturated rings. The number of carbonyl (C=O) groups excluding carboxylic acids is 2. The van der Waals surface area contributed by atoms with E-state index in [9.17, 15) is 14.0 Å². The maximum Gasteiger partial charge on any atom is 0.323 e. The Bertz CT molecular complexity index is 686. The number of anilines is 2. The highest BCUT2D eigenvalue weighted by Gasteiger charge is 2.10. The first-order valence-electron chi connectivity index (χ1n) is 5.88. The molecule has 5 nitrogen and oxygen atoms in total. The monoisotopic (exact) mass is 307 g/mol. The number of amides is 3. The van der Waals surface area contributed by atoms with E-state index < -0.39 is 17.8 Å². The van der Waals surface area contributed by atoms with Crippen molar-refractivity contribution in [2.45, 2.75) is 0 Å². The molecule has 0 aliphatic rings. The normalized spacial score (nSPS) is 10.0. The average Bonchev–Trinajstić information content (AvgIpc) is 2.37. The Morgan fingerprint density at radius 3 is 2.48 bits per heavy atom. The van der Waals surface area contributed by atoms with E-state index in [4.69, 9.17) is 17.3 Å². The lowest BCUT2D eigenvalue weighted by Gasteiger charge is -2.10. The van der Waals surface area contributed by atoms with Crippen LogP contribution in [0.3, 0.4) is 0 Å². The van der Waals surface area contributed by atoms with Gasteiger partial charge in [-0.3, -0.25) is 4.79 Å². The molecule has 0 aliphatic heterocycles. The second-order valence-electron chi connectivity index (χ2n) is 4.15. The number of halogens is 2. The number of para-hydroxylation sites is 1. The molecule has 0 radical (unpaired) electrons. The summed E-state index contributed by atoms with van der Waals surface area (Å²) >= 11 is 5.69. The fourth-order valence-electron chi connectivity index (χ4n) is 1.72. The molecule has 0 unspecified atom stereocenters. The molecular formula is C14H11ClFN3O2. The minimum Gasteiger partial charge on any atom is -0.366 e. The molecule has 0 atom stereocenters. The van der Waals surface area contributed by atoms with Crippen LogP contribution >= 0.6 is 11.6 Å². The van der Waals surface area contributed by atoms with Gasteiger partial charge >= 0.3 is 6.03 Å². The van der Waals surface area contributed by atoms with E-state index in [0.29, 0.717) is 0 Å². The van der Waals surface area contributed by atoms with E-state index in [0.717, 1.165) is 12.1 Å². The van der Waals surface area contributed by atoms with Crippen LogP contribution in [0.2, 0.25) is 5.02 Å². The highest BCUT2D eigenvalue weighted by Crippen LogP contribution is 2.19. The molecule has 3 amide bonds. The lowest BCUT2D eigenvalue weighted by Crippen LogP contribution is -2.22. The van der Waals surface area contributed by atoms with Crippen molar-refractivity contribution in [2.75, 3.05) is 10.6 Å². The SMILES string of the molecule is NC(=O)c1ccccc1NC(=O)Nc1cc(F)cc(Cl)c1. The van der Waals surface area contributed by atoms with Gasteiger partial charge < -0.3 is 16.4 Å². The molecule has 21 heavy (non-hydrogen) atoms. The molecule has 2 aromatic rings. The number of carbonyl (C=O) groups is 2. The summed E-state index contributed by atoms with van der Waals surface area (Å²) in [7, 11) is 0. The maximum absolute atomic E-state index is 13.2. The van der Waals surface area contributed by atoms with Gasteiger partial charge in [-0.25, -0.2) is 9.18 Å². The van der Waals surface area contributed by atoms with Crippen molar-refractivity contribution in [1.82, 2.24) is 0 Å². The molecule has 0 saturated carbocycles. The first kappa shape index (κ1) is 14.8. The molecule has 108 valence electrons. The molecule has 0 bridgehead atoms. The van der Waals surface area contributed by atoms with Crippen molar-refractivity contribution in [1.29, 1.82) is 0 Å². The van der Waals surface area contributed by atoms with Crippen LogP contribution in [0.5, 0.6) is 0 Å². The van der Waals surface area contributed by atoms with E-state index >= 15 is 0 Å². The molecule has 0 spiro atoms. The summed E-state index contributed by atoms with van der Waals surface area (Å²) in [6.07, 6.45) is 0. The maximum atomic E-state index is 13.2. The largest absolute Gasteiger partial charge is 0.366 e. The Kier molecular flexibility index (Phi) is 4.39. The van der Waals surface area contributed by atoms with Crippen LogP contribution in [0.15, 0.2) is 42.5 Å². The third-order valence-corrected chi connectivity index (χ3v) is 2.78. The molecule has 0 aliphatic carbocycles. The predicted molar refractivity (Wildman–Crippen MR) is 79.0 cm³/mol. The average molecular weight is 308 g/mol. The number of nitrogens with two attached hydrogens (primary N) is 1. The highest BCUT2D eigenvalue weighted by atomic mass is 35.5. The Hall–Kier alpha value is -2.60. The van der Waals surface area contributed by atoms with Crippen molar-refractivity contribution in [2.24, 2.45) is 5.73 Å². The number of hydrogen-bond acceptors (Lipinski definition) is 2. The van der Waals surface area contributed by atoms with E-state index in [1.165, 1.54) is 18.2 Å². The zero-order valence-corrected chi connectivity index (χ0v) is 11.4. The number of rotatable bonds is 3. The topological polar surface area (TPSA) is 84.2 Å². The molecular weight excluding hydrogens is 297 g/mol. The third-order valence-electron chi connectivity index (χ3n) is 2.56. The van der Waals surface area contributed by atoms with Gasteiger partial charge in [-0.05, 0) is 30.3 Å². The van der Waals surface area contributed by atoms with Gasteiger partial charge in [0.05, 0.1) is 11.3 Å². The summed E-state index contributed by atoms with van der Waals surface area (Å²) in [6, 6.07) is 9.25. The third kappa shape index (κ3) is 3.93. The Balaban J connectivity index is 2.14. The molecule has 2 rings (SSSR count). The smallest absolute Gasteiger partial charge is 0.323 e. The molecule has 0 aromatic heterocycles. The molecule has 4 N–H and O–H groups in total. The Labute approximate surface area is 124 Å². The van der Waals surface area contributed by atoms with Crippen LogP contribution < -0.4 is 16.4 Å². The fraction of sp³-hybridized carbons (Fsp3) is 0. The van der Waals surface area contributed by atoms with Gasteiger partial charge in [-0.2, -0.15) is 0 Å². The summed E-state index contributed by atoms with van der Waals surface area (Å²) < 4.78 is 13.2. The minimum atomic E-state index is -0.667. The summed E-state index contributed by atoms with van der Waals surface area (Å²) in [4.78, 5) is 23.1. The van der Waals surface area contributed by atoms with Crippen LogP contribution in [0.25, 0.3) is 0 Å². The minimum absolute atomic E-state index is 0.155. The van der Waals surface area contributed by atoms with Gasteiger partial charge in [0.2, 0.25) is 0 Å². The van der Waals surface area contributed by atoms with Crippen LogP contribution in [0.4, 0.5) is 20.6 Å². The summed E-state index contributed by atoms with van der Waals surface area (Å²) in [5, 5.41) is 5.03. The van der Waals surface area contributed by atoms with Crippen molar-refractivity contribution in [3.8, 4) is 0 Å². The van der Waals surface area contributed by atoms with Crippen LogP contribution in [-0.4, -0.2) is 11.9 Å². The second kappa shape index (κ2) is 6.23. The number of benzene rings is 2. The quantitative estimate of drug-likeness (QED) is 0.813. The summed E-state index contributed by atoms with van der Waals surface area (Å²) in [5.74, 6) is -1.24. The lowest BCUT2D eigenvalue weighted by molar-refractivity contribution is 0.100. The number of primary amides is 1. The van der Waals surface area contributed by atoms with Crippen LogP contribution in [0.1, 0.15) is 10.4 Å². The van der Waals surface area contributed by atoms with E-state index in [1.54, 1.807) is 12.1 Å². The zero-order chi connectivity index (χ0) is 15.4. The molecule has 0 heterocycles. The van der Waals surface area contributed by atoms with E-state index in [2.05, 4.69) is 10.6 Å².